The van der Waals surface area contributed by atoms with E-state index in [0.29, 0.717) is 13.0 Å². The number of carbonyl (C=O) groups excluding carboxylic acids is 1. The van der Waals surface area contributed by atoms with Gasteiger partial charge in [-0.05, 0) is 53.6 Å². The van der Waals surface area contributed by atoms with E-state index in [2.05, 4.69) is 34.3 Å². The summed E-state index contributed by atoms with van der Waals surface area (Å²) in [4.78, 5) is 13.0. The molecule has 0 saturated heterocycles. The molecular weight excluding hydrogens is 424 g/mol. The van der Waals surface area contributed by atoms with Gasteiger partial charge in [-0.2, -0.15) is 0 Å². The van der Waals surface area contributed by atoms with Crippen LogP contribution in [0.2, 0.25) is 0 Å². The van der Waals surface area contributed by atoms with Crippen LogP contribution in [-0.2, 0) is 18.4 Å². The Labute approximate surface area is 198 Å². The summed E-state index contributed by atoms with van der Waals surface area (Å²) >= 11 is 0. The fraction of sp³-hybridized carbons (Fsp3) is 0.138. The number of aryl methyl sites for hydroxylation is 1. The highest BCUT2D eigenvalue weighted by Gasteiger charge is 2.23. The van der Waals surface area contributed by atoms with Gasteiger partial charge in [0.25, 0.3) is 0 Å². The van der Waals surface area contributed by atoms with E-state index < -0.39 is 0 Å². The van der Waals surface area contributed by atoms with E-state index in [1.807, 2.05) is 79.8 Å². The van der Waals surface area contributed by atoms with Crippen LogP contribution in [0.1, 0.15) is 29.2 Å². The van der Waals surface area contributed by atoms with Gasteiger partial charge in [0.15, 0.2) is 0 Å². The molecule has 5 heteroatoms. The third-order valence-corrected chi connectivity index (χ3v) is 5.97. The summed E-state index contributed by atoms with van der Waals surface area (Å²) in [6.07, 6.45) is 4.04. The molecule has 2 aromatic heterocycles. The van der Waals surface area contributed by atoms with E-state index in [1.54, 1.807) is 6.26 Å². The molecule has 34 heavy (non-hydrogen) atoms. The van der Waals surface area contributed by atoms with Crippen molar-refractivity contribution in [2.24, 2.45) is 7.05 Å². The zero-order valence-electron chi connectivity index (χ0n) is 19.0. The lowest BCUT2D eigenvalue weighted by Crippen LogP contribution is -2.24. The number of furan rings is 1. The molecule has 1 atom stereocenters. The predicted molar refractivity (Wildman–Crippen MR) is 133 cm³/mol. The van der Waals surface area contributed by atoms with Crippen molar-refractivity contribution < 1.29 is 13.9 Å². The van der Waals surface area contributed by atoms with E-state index in [0.717, 1.165) is 39.3 Å². The molecule has 170 valence electrons. The van der Waals surface area contributed by atoms with E-state index >= 15 is 0 Å². The van der Waals surface area contributed by atoms with Gasteiger partial charge in [0.05, 0.1) is 12.8 Å². The van der Waals surface area contributed by atoms with Crippen LogP contribution in [0.3, 0.4) is 0 Å². The maximum Gasteiger partial charge on any atom is 0.221 e. The maximum absolute atomic E-state index is 13.0. The van der Waals surface area contributed by atoms with Crippen molar-refractivity contribution in [3.63, 3.8) is 0 Å². The predicted octanol–water partition coefficient (Wildman–Crippen LogP) is 6.40. The van der Waals surface area contributed by atoms with Crippen molar-refractivity contribution in [1.29, 1.82) is 0 Å². The van der Waals surface area contributed by atoms with E-state index in [-0.39, 0.29) is 11.8 Å². The largest absolute Gasteiger partial charge is 0.467 e. The molecule has 5 rings (SSSR count). The molecule has 0 saturated carbocycles. The number of nitrogens with one attached hydrogen (secondary N) is 1. The van der Waals surface area contributed by atoms with Crippen molar-refractivity contribution in [1.82, 2.24) is 9.88 Å². The first-order valence-corrected chi connectivity index (χ1v) is 11.3. The van der Waals surface area contributed by atoms with Gasteiger partial charge < -0.3 is 19.0 Å². The standard InChI is InChI=1S/C29H26N2O3/c1-31-20-27(25-14-5-6-15-28(25)31)26(18-29(32)30-19-24-13-8-16-33-24)21-9-7-12-23(17-21)34-22-10-3-2-4-11-22/h2-17,20,26H,18-19H2,1H3,(H,30,32)/t26-/m0/s1. The number of aromatic nitrogens is 1. The van der Waals surface area contributed by atoms with E-state index in [4.69, 9.17) is 9.15 Å². The zero-order chi connectivity index (χ0) is 23.3. The average Bonchev–Trinajstić information content (AvgIpc) is 3.50. The van der Waals surface area contributed by atoms with E-state index in [1.165, 1.54) is 0 Å². The highest BCUT2D eigenvalue weighted by Crippen LogP contribution is 2.36. The van der Waals surface area contributed by atoms with Gasteiger partial charge in [0.2, 0.25) is 5.91 Å². The molecule has 0 unspecified atom stereocenters. The Morgan fingerprint density at radius 2 is 1.74 bits per heavy atom. The normalized spacial score (nSPS) is 11.9. The Morgan fingerprint density at radius 1 is 0.941 bits per heavy atom. The molecule has 0 bridgehead atoms. The molecule has 0 radical (unpaired) electrons. The van der Waals surface area contributed by atoms with Gasteiger partial charge in [-0.3, -0.25) is 4.79 Å². The molecule has 1 amide bonds. The lowest BCUT2D eigenvalue weighted by Gasteiger charge is -2.18. The van der Waals surface area contributed by atoms with Gasteiger partial charge in [0.1, 0.15) is 17.3 Å². The minimum Gasteiger partial charge on any atom is -0.467 e. The lowest BCUT2D eigenvalue weighted by molar-refractivity contribution is -0.121. The molecular formula is C29H26N2O3. The second kappa shape index (κ2) is 9.71. The number of nitrogens with zero attached hydrogens (tertiary/aromatic N) is 1. The first-order chi connectivity index (χ1) is 16.7. The second-order valence-electron chi connectivity index (χ2n) is 8.31. The molecule has 5 aromatic rings. The highest BCUT2D eigenvalue weighted by molar-refractivity contribution is 5.86. The van der Waals surface area contributed by atoms with Gasteiger partial charge in [-0.15, -0.1) is 0 Å². The third-order valence-electron chi connectivity index (χ3n) is 5.97. The Hall–Kier alpha value is -4.25. The molecule has 0 spiro atoms. The summed E-state index contributed by atoms with van der Waals surface area (Å²) in [6, 6.07) is 29.7. The monoisotopic (exact) mass is 450 g/mol. The fourth-order valence-corrected chi connectivity index (χ4v) is 4.33. The van der Waals surface area contributed by atoms with Crippen molar-refractivity contribution >= 4 is 16.8 Å². The Bertz CT molecular complexity index is 1390. The SMILES string of the molecule is Cn1cc([C@@H](CC(=O)NCc2ccco2)c2cccc(Oc3ccccc3)c2)c2ccccc21. The minimum absolute atomic E-state index is 0.0382. The van der Waals surface area contributed by atoms with Gasteiger partial charge in [0, 0.05) is 36.5 Å². The number of carbonyl (C=O) groups is 1. The Kier molecular flexibility index (Phi) is 6.17. The smallest absolute Gasteiger partial charge is 0.221 e. The average molecular weight is 451 g/mol. The molecule has 1 N–H and O–H groups in total. The first-order valence-electron chi connectivity index (χ1n) is 11.3. The summed E-state index contributed by atoms with van der Waals surface area (Å²) in [5, 5.41) is 4.14. The molecule has 5 nitrogen and oxygen atoms in total. The topological polar surface area (TPSA) is 56.4 Å². The quantitative estimate of drug-likeness (QED) is 0.297. The summed E-state index contributed by atoms with van der Waals surface area (Å²) in [5.74, 6) is 2.07. The zero-order valence-corrected chi connectivity index (χ0v) is 19.0. The number of fused-ring (bicyclic) bond motifs is 1. The van der Waals surface area contributed by atoms with Crippen molar-refractivity contribution in [2.75, 3.05) is 0 Å². The van der Waals surface area contributed by atoms with Crippen LogP contribution in [0.5, 0.6) is 11.5 Å². The van der Waals surface area contributed by atoms with Crippen molar-refractivity contribution in [3.05, 3.63) is 120 Å². The molecule has 0 fully saturated rings. The molecule has 0 aliphatic rings. The number of rotatable bonds is 8. The van der Waals surface area contributed by atoms with Crippen LogP contribution in [0.25, 0.3) is 10.9 Å². The van der Waals surface area contributed by atoms with Crippen LogP contribution in [0.4, 0.5) is 0 Å². The third kappa shape index (κ3) is 4.74. The van der Waals surface area contributed by atoms with Gasteiger partial charge in [-0.25, -0.2) is 0 Å². The van der Waals surface area contributed by atoms with Crippen molar-refractivity contribution in [2.45, 2.75) is 18.9 Å². The first kappa shape index (κ1) is 21.6. The second-order valence-corrected chi connectivity index (χ2v) is 8.31. The summed E-state index contributed by atoms with van der Waals surface area (Å²) in [7, 11) is 2.04. The summed E-state index contributed by atoms with van der Waals surface area (Å²) in [5.41, 5.74) is 3.27. The van der Waals surface area contributed by atoms with Crippen LogP contribution in [0, 0.1) is 0 Å². The van der Waals surface area contributed by atoms with Crippen LogP contribution < -0.4 is 10.1 Å². The number of hydrogen-bond donors (Lipinski definition) is 1. The molecule has 2 heterocycles. The fourth-order valence-electron chi connectivity index (χ4n) is 4.33. The number of benzene rings is 3. The van der Waals surface area contributed by atoms with Crippen molar-refractivity contribution in [3.8, 4) is 11.5 Å². The Balaban J connectivity index is 1.47. The molecule has 3 aromatic carbocycles. The number of amides is 1. The summed E-state index contributed by atoms with van der Waals surface area (Å²) in [6.45, 7) is 0.366. The number of ether oxygens (including phenoxy) is 1. The number of para-hydroxylation sites is 2. The van der Waals surface area contributed by atoms with E-state index in [9.17, 15) is 4.79 Å². The lowest BCUT2D eigenvalue weighted by atomic mass is 9.88. The number of hydrogen-bond acceptors (Lipinski definition) is 3. The maximum atomic E-state index is 13.0. The van der Waals surface area contributed by atoms with Crippen LogP contribution in [-0.4, -0.2) is 10.5 Å². The molecule has 0 aliphatic heterocycles. The summed E-state index contributed by atoms with van der Waals surface area (Å²) < 4.78 is 13.6. The van der Waals surface area contributed by atoms with Crippen LogP contribution in [0.15, 0.2) is 108 Å². The minimum atomic E-state index is -0.137. The molecule has 0 aliphatic carbocycles. The van der Waals surface area contributed by atoms with Gasteiger partial charge in [-0.1, -0.05) is 48.5 Å². The van der Waals surface area contributed by atoms with Crippen LogP contribution >= 0.6 is 0 Å². The van der Waals surface area contributed by atoms with Gasteiger partial charge >= 0.3 is 0 Å². The highest BCUT2D eigenvalue weighted by atomic mass is 16.5. The Morgan fingerprint density at radius 3 is 2.56 bits per heavy atom.